The lowest BCUT2D eigenvalue weighted by Crippen LogP contribution is -2.50. The van der Waals surface area contributed by atoms with Gasteiger partial charge in [0.2, 0.25) is 5.95 Å². The molecule has 192 valence electrons. The Kier molecular flexibility index (Phi) is 6.99. The van der Waals surface area contributed by atoms with Gasteiger partial charge in [-0.05, 0) is 36.3 Å². The number of H-pyrrole nitrogens is 1. The van der Waals surface area contributed by atoms with Crippen molar-refractivity contribution in [3.05, 3.63) is 16.7 Å². The number of anilines is 1. The van der Waals surface area contributed by atoms with Crippen LogP contribution in [-0.2, 0) is 13.6 Å². The monoisotopic (exact) mass is 513 g/mol. The molecule has 0 bridgehead atoms. The molecule has 9 nitrogen and oxygen atoms in total. The Labute approximate surface area is 202 Å². The van der Waals surface area contributed by atoms with E-state index in [4.69, 9.17) is 19.3 Å². The zero-order chi connectivity index (χ0) is 25.9. The second-order valence-corrected chi connectivity index (χ2v) is 21.8. The van der Waals surface area contributed by atoms with Crippen LogP contribution < -0.4 is 11.3 Å². The van der Waals surface area contributed by atoms with Crippen LogP contribution in [0.1, 0.15) is 47.8 Å². The van der Waals surface area contributed by atoms with Crippen LogP contribution in [0, 0.1) is 0 Å². The summed E-state index contributed by atoms with van der Waals surface area (Å²) in [6.07, 6.45) is -2.67. The largest absolute Gasteiger partial charge is 0.414 e. The number of imidazole rings is 1. The van der Waals surface area contributed by atoms with E-state index in [2.05, 4.69) is 82.7 Å². The Morgan fingerprint density at radius 3 is 2.29 bits per heavy atom. The number of nitrogens with one attached hydrogen (secondary N) is 1. The molecule has 1 aliphatic heterocycles. The van der Waals surface area contributed by atoms with Crippen molar-refractivity contribution in [2.24, 2.45) is 0 Å². The standard InChI is InChI=1S/C22H40FN5O4Si2/c1-21(2,3)33(7,8)30-11-13-16(32-34(9,10)22(4,5)6)14(23)19(31-13)28-12-25-15-17(28)26-20(24)27-18(15)29/h12-14,16,19H,11H2,1-10H3,(H3,24,26,27,29)/t13-,14-,16?,19-/m1/s1. The average molecular weight is 514 g/mol. The number of rotatable bonds is 6. The van der Waals surface area contributed by atoms with E-state index in [9.17, 15) is 4.79 Å². The molecule has 34 heavy (non-hydrogen) atoms. The summed E-state index contributed by atoms with van der Waals surface area (Å²) in [6.45, 7) is 21.5. The third kappa shape index (κ3) is 5.01. The van der Waals surface area contributed by atoms with Gasteiger partial charge in [0.15, 0.2) is 40.2 Å². The van der Waals surface area contributed by atoms with Crippen LogP contribution in [0.25, 0.3) is 11.2 Å². The van der Waals surface area contributed by atoms with Crippen molar-refractivity contribution in [1.82, 2.24) is 19.5 Å². The minimum Gasteiger partial charge on any atom is -0.414 e. The van der Waals surface area contributed by atoms with Crippen LogP contribution in [0.3, 0.4) is 0 Å². The van der Waals surface area contributed by atoms with Crippen LogP contribution in [-0.4, -0.2) is 61.1 Å². The number of halogens is 1. The number of hydrogen-bond acceptors (Lipinski definition) is 7. The van der Waals surface area contributed by atoms with Crippen molar-refractivity contribution < 1.29 is 18.0 Å². The number of alkyl halides is 1. The summed E-state index contributed by atoms with van der Waals surface area (Å²) >= 11 is 0. The van der Waals surface area contributed by atoms with E-state index in [0.717, 1.165) is 0 Å². The highest BCUT2D eigenvalue weighted by atomic mass is 28.4. The van der Waals surface area contributed by atoms with Crippen LogP contribution in [0.4, 0.5) is 10.3 Å². The van der Waals surface area contributed by atoms with Gasteiger partial charge in [0.25, 0.3) is 5.56 Å². The van der Waals surface area contributed by atoms with Gasteiger partial charge in [0, 0.05) is 0 Å². The first kappa shape index (κ1) is 27.0. The Balaban J connectivity index is 1.97. The maximum atomic E-state index is 16.1. The zero-order valence-electron chi connectivity index (χ0n) is 22.0. The number of aromatic amines is 1. The summed E-state index contributed by atoms with van der Waals surface area (Å²) in [5.74, 6) is -0.0699. The number of ether oxygens (including phenoxy) is 1. The van der Waals surface area contributed by atoms with Gasteiger partial charge in [0.05, 0.1) is 12.9 Å². The summed E-state index contributed by atoms with van der Waals surface area (Å²) in [7, 11) is -4.44. The molecule has 0 radical (unpaired) electrons. The molecule has 2 aromatic rings. The highest BCUT2D eigenvalue weighted by molar-refractivity contribution is 6.74. The molecule has 3 N–H and O–H groups in total. The van der Waals surface area contributed by atoms with Crippen molar-refractivity contribution in [3.63, 3.8) is 0 Å². The van der Waals surface area contributed by atoms with E-state index in [1.54, 1.807) is 0 Å². The van der Waals surface area contributed by atoms with Crippen molar-refractivity contribution in [2.45, 2.75) is 102 Å². The van der Waals surface area contributed by atoms with E-state index in [1.807, 2.05) is 0 Å². The normalized spacial score (nSPS) is 24.8. The third-order valence-electron chi connectivity index (χ3n) is 7.64. The van der Waals surface area contributed by atoms with Crippen molar-refractivity contribution >= 4 is 33.7 Å². The molecule has 12 heteroatoms. The van der Waals surface area contributed by atoms with Crippen LogP contribution >= 0.6 is 0 Å². The van der Waals surface area contributed by atoms with E-state index in [1.165, 1.54) is 10.9 Å². The van der Waals surface area contributed by atoms with Gasteiger partial charge in [-0.3, -0.25) is 14.3 Å². The first-order valence-corrected chi connectivity index (χ1v) is 17.5. The van der Waals surface area contributed by atoms with Gasteiger partial charge in [0.1, 0.15) is 12.2 Å². The minimum atomic E-state index is -2.33. The molecule has 0 aliphatic carbocycles. The van der Waals surface area contributed by atoms with Gasteiger partial charge in [-0.2, -0.15) is 4.98 Å². The summed E-state index contributed by atoms with van der Waals surface area (Å²) in [4.78, 5) is 22.9. The molecule has 4 atom stereocenters. The van der Waals surface area contributed by atoms with Crippen molar-refractivity contribution in [3.8, 4) is 0 Å². The first-order chi connectivity index (χ1) is 15.4. The average Bonchev–Trinajstić information content (AvgIpc) is 3.20. The van der Waals surface area contributed by atoms with E-state index >= 15 is 4.39 Å². The van der Waals surface area contributed by atoms with Gasteiger partial charge in [-0.1, -0.05) is 41.5 Å². The fraction of sp³-hybridized carbons (Fsp3) is 0.773. The second-order valence-electron chi connectivity index (χ2n) is 12.2. The zero-order valence-corrected chi connectivity index (χ0v) is 24.0. The third-order valence-corrected chi connectivity index (χ3v) is 16.6. The molecule has 1 aliphatic rings. The summed E-state index contributed by atoms with van der Waals surface area (Å²) < 4.78 is 36.7. The van der Waals surface area contributed by atoms with E-state index < -0.39 is 46.8 Å². The molecule has 3 rings (SSSR count). The minimum absolute atomic E-state index is 0.00106. The van der Waals surface area contributed by atoms with Gasteiger partial charge < -0.3 is 19.3 Å². The number of nitrogens with two attached hydrogens (primary N) is 1. The Morgan fingerprint density at radius 2 is 1.74 bits per heavy atom. The molecule has 2 aromatic heterocycles. The van der Waals surface area contributed by atoms with Gasteiger partial charge in [-0.15, -0.1) is 0 Å². The molecule has 0 aromatic carbocycles. The highest BCUT2D eigenvalue weighted by Crippen LogP contribution is 2.43. The van der Waals surface area contributed by atoms with Gasteiger partial charge in [-0.25, -0.2) is 9.37 Å². The molecule has 3 heterocycles. The fourth-order valence-electron chi connectivity index (χ4n) is 3.35. The Bertz CT molecular complexity index is 1090. The second kappa shape index (κ2) is 8.80. The van der Waals surface area contributed by atoms with Crippen molar-refractivity contribution in [1.29, 1.82) is 0 Å². The SMILES string of the molecule is CC(C)(C)[Si](C)(C)OC[C@H]1O[C@@H](n2cnc3c(=O)[nH]c(N)nc32)[C@H](F)C1O[Si](C)(C)C(C)(C)C. The topological polar surface area (TPSA) is 117 Å². The summed E-state index contributed by atoms with van der Waals surface area (Å²) in [6, 6.07) is 0. The maximum Gasteiger partial charge on any atom is 0.280 e. The molecular formula is C22H40FN5O4Si2. The van der Waals surface area contributed by atoms with Crippen LogP contribution in [0.2, 0.25) is 36.3 Å². The number of hydrogen-bond donors (Lipinski definition) is 2. The van der Waals surface area contributed by atoms with Crippen LogP contribution in [0.15, 0.2) is 11.1 Å². The number of nitrogen functional groups attached to an aromatic ring is 1. The Morgan fingerprint density at radius 1 is 1.15 bits per heavy atom. The number of fused-ring (bicyclic) bond motifs is 1. The molecule has 1 fully saturated rings. The highest BCUT2D eigenvalue weighted by Gasteiger charge is 2.52. The lowest BCUT2D eigenvalue weighted by atomic mass is 10.1. The van der Waals surface area contributed by atoms with E-state index in [-0.39, 0.29) is 33.8 Å². The molecule has 0 spiro atoms. The number of aromatic nitrogens is 4. The lowest BCUT2D eigenvalue weighted by molar-refractivity contribution is -0.0421. The fourth-order valence-corrected chi connectivity index (χ4v) is 5.68. The lowest BCUT2D eigenvalue weighted by Gasteiger charge is -2.40. The summed E-state index contributed by atoms with van der Waals surface area (Å²) in [5, 5.41) is -0.112. The molecular weight excluding hydrogens is 473 g/mol. The van der Waals surface area contributed by atoms with Gasteiger partial charge >= 0.3 is 0 Å². The number of nitrogens with zero attached hydrogens (tertiary/aromatic N) is 3. The smallest absolute Gasteiger partial charge is 0.280 e. The van der Waals surface area contributed by atoms with Crippen LogP contribution in [0.5, 0.6) is 0 Å². The molecule has 0 amide bonds. The predicted molar refractivity (Wildman–Crippen MR) is 137 cm³/mol. The van der Waals surface area contributed by atoms with Crippen molar-refractivity contribution in [2.75, 3.05) is 12.3 Å². The molecule has 1 saturated heterocycles. The molecule has 1 unspecified atom stereocenters. The quantitative estimate of drug-likeness (QED) is 0.551. The maximum absolute atomic E-state index is 16.1. The Hall–Kier alpha value is -1.61. The summed E-state index contributed by atoms with van der Waals surface area (Å²) in [5.41, 5.74) is 5.50. The predicted octanol–water partition coefficient (Wildman–Crippen LogP) is 4.35. The molecule has 0 saturated carbocycles. The first-order valence-electron chi connectivity index (χ1n) is 11.7. The van der Waals surface area contributed by atoms with E-state index in [0.29, 0.717) is 0 Å².